The third-order valence-electron chi connectivity index (χ3n) is 6.42. The van der Waals surface area contributed by atoms with Crippen molar-refractivity contribution in [2.45, 2.75) is 57.7 Å². The topological polar surface area (TPSA) is 60.8 Å². The summed E-state index contributed by atoms with van der Waals surface area (Å²) in [5, 5.41) is 20.9. The molecule has 1 fully saturated rings. The Hall–Kier alpha value is -1.91. The molecule has 0 bridgehead atoms. The van der Waals surface area contributed by atoms with Gasteiger partial charge in [-0.05, 0) is 50.0 Å². The van der Waals surface area contributed by atoms with E-state index in [1.807, 2.05) is 24.3 Å². The Morgan fingerprint density at radius 3 is 2.86 bits per heavy atom. The van der Waals surface area contributed by atoms with Crippen molar-refractivity contribution in [1.82, 2.24) is 4.90 Å². The Morgan fingerprint density at radius 1 is 1.34 bits per heavy atom. The number of nitrogens with zero attached hydrogens (tertiary/aromatic N) is 1. The predicted octanol–water partition coefficient (Wildman–Crippen LogP) is 3.66. The highest BCUT2D eigenvalue weighted by Crippen LogP contribution is 2.48. The van der Waals surface area contributed by atoms with Gasteiger partial charge in [0.25, 0.3) is 0 Å². The molecule has 3 rings (SSSR count). The molecule has 0 unspecified atom stereocenters. The molecular formula is C25H35NO3. The van der Waals surface area contributed by atoms with Gasteiger partial charge in [-0.3, -0.25) is 4.79 Å². The van der Waals surface area contributed by atoms with Gasteiger partial charge in [0.05, 0.1) is 12.2 Å². The fourth-order valence-electron chi connectivity index (χ4n) is 4.89. The number of aliphatic hydroxyl groups excluding tert-OH is 2. The quantitative estimate of drug-likeness (QED) is 0.658. The van der Waals surface area contributed by atoms with E-state index >= 15 is 0 Å². The largest absolute Gasteiger partial charge is 0.392 e. The third kappa shape index (κ3) is 5.80. The summed E-state index contributed by atoms with van der Waals surface area (Å²) in [6, 6.07) is 8.22. The first-order valence-electron chi connectivity index (χ1n) is 10.8. The van der Waals surface area contributed by atoms with Crippen LogP contribution in [0, 0.1) is 24.7 Å². The van der Waals surface area contributed by atoms with Crippen molar-refractivity contribution in [1.29, 1.82) is 0 Å². The summed E-state index contributed by atoms with van der Waals surface area (Å²) in [6.45, 7) is 2.06. The highest BCUT2D eigenvalue weighted by molar-refractivity contribution is 5.75. The van der Waals surface area contributed by atoms with Crippen LogP contribution in [-0.2, 0) is 11.2 Å². The highest BCUT2D eigenvalue weighted by atomic mass is 16.3. The van der Waals surface area contributed by atoms with E-state index in [0.29, 0.717) is 24.7 Å². The van der Waals surface area contributed by atoms with Crippen molar-refractivity contribution >= 4 is 5.91 Å². The number of hydrogen-bond donors (Lipinski definition) is 2. The molecule has 0 saturated heterocycles. The SMILES string of the molecule is Cc1cccc(C[C@@H](O)C=C[C@@H]2[C@H]3CC(CCCC(=O)N(C)C)=C[C@H]3C[C@H]2O)c1. The standard InChI is InChI=1S/C25H35NO3/c1-17-6-4-7-18(12-17)14-21(27)10-11-22-23-15-19(13-20(23)16-24(22)28)8-5-9-25(29)26(2)3/h4,6-7,10-13,20-24,27-28H,5,8-9,14-16H2,1-3H3/t20-,21-,22+,23-,24+/m0/s1. The first kappa shape index (κ1) is 21.8. The molecule has 0 aliphatic heterocycles. The van der Waals surface area contributed by atoms with Crippen LogP contribution >= 0.6 is 0 Å². The van der Waals surface area contributed by atoms with Crippen LogP contribution in [0.5, 0.6) is 0 Å². The van der Waals surface area contributed by atoms with E-state index in [2.05, 4.69) is 25.1 Å². The Kier molecular flexibility index (Phi) is 7.31. The predicted molar refractivity (Wildman–Crippen MR) is 116 cm³/mol. The Balaban J connectivity index is 1.51. The lowest BCUT2D eigenvalue weighted by molar-refractivity contribution is -0.128. The Morgan fingerprint density at radius 2 is 2.14 bits per heavy atom. The smallest absolute Gasteiger partial charge is 0.222 e. The number of hydrogen-bond acceptors (Lipinski definition) is 3. The van der Waals surface area contributed by atoms with Crippen LogP contribution in [0.25, 0.3) is 0 Å². The van der Waals surface area contributed by atoms with Crippen molar-refractivity contribution < 1.29 is 15.0 Å². The van der Waals surface area contributed by atoms with E-state index in [1.54, 1.807) is 19.0 Å². The zero-order chi connectivity index (χ0) is 21.0. The second kappa shape index (κ2) is 9.73. The fourth-order valence-corrected chi connectivity index (χ4v) is 4.89. The molecule has 158 valence electrons. The number of benzene rings is 1. The Bertz CT molecular complexity index is 767. The van der Waals surface area contributed by atoms with E-state index in [0.717, 1.165) is 31.2 Å². The average Bonchev–Trinajstić information content (AvgIpc) is 3.16. The first-order valence-corrected chi connectivity index (χ1v) is 10.8. The minimum atomic E-state index is -0.533. The van der Waals surface area contributed by atoms with Gasteiger partial charge in [-0.2, -0.15) is 0 Å². The molecule has 0 radical (unpaired) electrons. The molecule has 1 amide bonds. The van der Waals surface area contributed by atoms with Crippen LogP contribution in [0.3, 0.4) is 0 Å². The van der Waals surface area contributed by atoms with Gasteiger partial charge in [0.15, 0.2) is 0 Å². The molecule has 4 nitrogen and oxygen atoms in total. The molecule has 1 aromatic carbocycles. The van der Waals surface area contributed by atoms with Crippen molar-refractivity contribution in [3.63, 3.8) is 0 Å². The van der Waals surface area contributed by atoms with Gasteiger partial charge < -0.3 is 15.1 Å². The molecule has 1 saturated carbocycles. The maximum atomic E-state index is 11.7. The number of carbonyl (C=O) groups is 1. The monoisotopic (exact) mass is 397 g/mol. The number of rotatable bonds is 8. The lowest BCUT2D eigenvalue weighted by atomic mass is 9.88. The summed E-state index contributed by atoms with van der Waals surface area (Å²) in [7, 11) is 3.60. The van der Waals surface area contributed by atoms with Crippen LogP contribution in [0.15, 0.2) is 48.1 Å². The minimum Gasteiger partial charge on any atom is -0.392 e. The first-order chi connectivity index (χ1) is 13.8. The van der Waals surface area contributed by atoms with Crippen LogP contribution in [0.1, 0.15) is 43.2 Å². The summed E-state index contributed by atoms with van der Waals surface area (Å²) < 4.78 is 0. The third-order valence-corrected chi connectivity index (χ3v) is 6.42. The lowest BCUT2D eigenvalue weighted by Crippen LogP contribution is -2.21. The molecule has 0 heterocycles. The molecule has 1 aromatic rings. The summed E-state index contributed by atoms with van der Waals surface area (Å²) >= 11 is 0. The van der Waals surface area contributed by atoms with Gasteiger partial charge >= 0.3 is 0 Å². The van der Waals surface area contributed by atoms with E-state index < -0.39 is 6.10 Å². The fraction of sp³-hybridized carbons (Fsp3) is 0.560. The molecule has 2 N–H and O–H groups in total. The van der Waals surface area contributed by atoms with Crippen molar-refractivity contribution in [2.75, 3.05) is 14.1 Å². The van der Waals surface area contributed by atoms with Crippen LogP contribution in [0.4, 0.5) is 0 Å². The van der Waals surface area contributed by atoms with Gasteiger partial charge in [0.1, 0.15) is 0 Å². The minimum absolute atomic E-state index is 0.101. The van der Waals surface area contributed by atoms with Crippen LogP contribution in [-0.4, -0.2) is 47.3 Å². The molecule has 2 aliphatic carbocycles. The average molecular weight is 398 g/mol. The number of allylic oxidation sites excluding steroid dienone is 2. The summed E-state index contributed by atoms with van der Waals surface area (Å²) in [6.07, 6.45) is 10.2. The number of carbonyl (C=O) groups excluding carboxylic acids is 1. The van der Waals surface area contributed by atoms with E-state index in [9.17, 15) is 15.0 Å². The molecular weight excluding hydrogens is 362 g/mol. The zero-order valence-corrected chi connectivity index (χ0v) is 17.9. The van der Waals surface area contributed by atoms with Crippen molar-refractivity contribution in [2.24, 2.45) is 17.8 Å². The lowest BCUT2D eigenvalue weighted by Gasteiger charge is -2.19. The van der Waals surface area contributed by atoms with Gasteiger partial charge in [0.2, 0.25) is 5.91 Å². The van der Waals surface area contributed by atoms with Gasteiger partial charge in [0, 0.05) is 32.9 Å². The van der Waals surface area contributed by atoms with Crippen molar-refractivity contribution in [3.8, 4) is 0 Å². The molecule has 29 heavy (non-hydrogen) atoms. The molecule has 0 aromatic heterocycles. The van der Waals surface area contributed by atoms with Gasteiger partial charge in [-0.15, -0.1) is 0 Å². The van der Waals surface area contributed by atoms with E-state index in [1.165, 1.54) is 11.1 Å². The van der Waals surface area contributed by atoms with Crippen molar-refractivity contribution in [3.05, 3.63) is 59.2 Å². The highest BCUT2D eigenvalue weighted by Gasteiger charge is 2.43. The van der Waals surface area contributed by atoms with Gasteiger partial charge in [-0.25, -0.2) is 0 Å². The van der Waals surface area contributed by atoms with Crippen LogP contribution < -0.4 is 0 Å². The summed E-state index contributed by atoms with van der Waals surface area (Å²) in [5.74, 6) is 1.13. The normalized spacial score (nSPS) is 27.1. The van der Waals surface area contributed by atoms with E-state index in [-0.39, 0.29) is 17.9 Å². The van der Waals surface area contributed by atoms with Gasteiger partial charge in [-0.1, -0.05) is 53.6 Å². The Labute approximate surface area is 174 Å². The molecule has 4 heteroatoms. The summed E-state index contributed by atoms with van der Waals surface area (Å²) in [5.41, 5.74) is 3.76. The number of fused-ring (bicyclic) bond motifs is 1. The maximum Gasteiger partial charge on any atom is 0.222 e. The van der Waals surface area contributed by atoms with Crippen LogP contribution in [0.2, 0.25) is 0 Å². The summed E-state index contributed by atoms with van der Waals surface area (Å²) in [4.78, 5) is 13.4. The number of amides is 1. The zero-order valence-electron chi connectivity index (χ0n) is 17.9. The second-order valence-corrected chi connectivity index (χ2v) is 9.02. The molecule has 0 spiro atoms. The number of aliphatic hydroxyl groups is 2. The molecule has 2 aliphatic rings. The van der Waals surface area contributed by atoms with E-state index in [4.69, 9.17) is 0 Å². The number of aryl methyl sites for hydroxylation is 1. The second-order valence-electron chi connectivity index (χ2n) is 9.02. The molecule has 5 atom stereocenters. The maximum absolute atomic E-state index is 11.7.